The highest BCUT2D eigenvalue weighted by Crippen LogP contribution is 2.47. The lowest BCUT2D eigenvalue weighted by Crippen LogP contribution is -2.49. The third-order valence-corrected chi connectivity index (χ3v) is 12.5. The molecule has 6 atom stereocenters. The fraction of sp³-hybridized carbons (Fsp3) is 0.583. The molecule has 0 saturated heterocycles. The molecule has 1 amide bonds. The molecule has 1 spiro atoms. The summed E-state index contributed by atoms with van der Waals surface area (Å²) in [5.41, 5.74) is 4.10. The molecule has 2 aromatic rings. The van der Waals surface area contributed by atoms with Crippen molar-refractivity contribution in [3.63, 3.8) is 0 Å². The number of ether oxygens (including phenoxy) is 2. The molecular formula is C36H45ClN2O4S. The standard InChI is InChI=1S/C36H45ClN2O4S/c1-42-33-9-3-8-31(40)28-13-10-26(28)20-39-21-36(16-4-7-24-18-27(37)12-14-29(24)36)22-43-32-15-11-25(19-30(32)39)35(41)38-44-34(33)17-23-5-2-6-23/h3,8,11-12,14-15,18-19,23,26,28,31,33-34,40H,2,4-7,9-10,13,16-17,20-22H2,1H3,(H,38,41)/b8-3-/t26-,28+,31-,33-,34-,36-/m0/s1. The number of anilines is 1. The van der Waals surface area contributed by atoms with Gasteiger partial charge in [0.1, 0.15) is 5.75 Å². The highest BCUT2D eigenvalue weighted by molar-refractivity contribution is 7.98. The number of fused-ring (bicyclic) bond motifs is 4. The second-order valence-electron chi connectivity index (χ2n) is 13.8. The summed E-state index contributed by atoms with van der Waals surface area (Å²) in [7, 11) is 1.76. The molecule has 0 aromatic heterocycles. The van der Waals surface area contributed by atoms with Crippen LogP contribution in [0.3, 0.4) is 0 Å². The predicted octanol–water partition coefficient (Wildman–Crippen LogP) is 7.11. The molecule has 44 heavy (non-hydrogen) atoms. The topological polar surface area (TPSA) is 71.0 Å². The molecule has 236 valence electrons. The summed E-state index contributed by atoms with van der Waals surface area (Å²) in [4.78, 5) is 16.1. The zero-order valence-electron chi connectivity index (χ0n) is 25.7. The van der Waals surface area contributed by atoms with Crippen LogP contribution in [0.1, 0.15) is 79.3 Å². The van der Waals surface area contributed by atoms with E-state index in [1.54, 1.807) is 7.11 Å². The Balaban J connectivity index is 1.23. The number of aliphatic hydroxyl groups excluding tert-OH is 1. The SMILES string of the molecule is CO[C@H]1C/C=C\[C@H](O)[C@@H]2CC[C@H]2CN2C[C@@]3(CCCc4cc(Cl)ccc43)COc3ccc(cc32)C(=O)NS[C@H]1CC1CCC1. The fourth-order valence-corrected chi connectivity index (χ4v) is 9.54. The highest BCUT2D eigenvalue weighted by atomic mass is 35.5. The van der Waals surface area contributed by atoms with Gasteiger partial charge in [0.2, 0.25) is 0 Å². The van der Waals surface area contributed by atoms with Crippen LogP contribution < -0.4 is 14.4 Å². The first-order valence-electron chi connectivity index (χ1n) is 16.6. The molecule has 2 heterocycles. The maximum atomic E-state index is 13.7. The van der Waals surface area contributed by atoms with E-state index in [-0.39, 0.29) is 28.6 Å². The van der Waals surface area contributed by atoms with Crippen molar-refractivity contribution in [2.45, 2.75) is 87.1 Å². The fourth-order valence-electron chi connectivity index (χ4n) is 8.23. The Bertz CT molecular complexity index is 1400. The first-order chi connectivity index (χ1) is 21.4. The Morgan fingerprint density at radius 3 is 2.82 bits per heavy atom. The van der Waals surface area contributed by atoms with Gasteiger partial charge in [0, 0.05) is 36.2 Å². The predicted molar refractivity (Wildman–Crippen MR) is 178 cm³/mol. The monoisotopic (exact) mass is 636 g/mol. The van der Waals surface area contributed by atoms with Crippen molar-refractivity contribution in [3.8, 4) is 5.75 Å². The van der Waals surface area contributed by atoms with Crippen LogP contribution in [0.25, 0.3) is 0 Å². The molecule has 8 heteroatoms. The van der Waals surface area contributed by atoms with Gasteiger partial charge in [-0.25, -0.2) is 0 Å². The van der Waals surface area contributed by atoms with Crippen LogP contribution in [0.15, 0.2) is 48.6 Å². The zero-order valence-corrected chi connectivity index (χ0v) is 27.3. The van der Waals surface area contributed by atoms with Gasteiger partial charge < -0.3 is 19.5 Å². The van der Waals surface area contributed by atoms with E-state index in [0.29, 0.717) is 24.0 Å². The van der Waals surface area contributed by atoms with Crippen molar-refractivity contribution in [2.75, 3.05) is 31.7 Å². The van der Waals surface area contributed by atoms with Gasteiger partial charge in [-0.3, -0.25) is 9.52 Å². The van der Waals surface area contributed by atoms with E-state index in [1.807, 2.05) is 30.3 Å². The normalized spacial score (nSPS) is 33.1. The lowest BCUT2D eigenvalue weighted by molar-refractivity contribution is 0.0451. The van der Waals surface area contributed by atoms with E-state index in [1.165, 1.54) is 42.3 Å². The number of methoxy groups -OCH3 is 1. The maximum Gasteiger partial charge on any atom is 0.261 e. The van der Waals surface area contributed by atoms with E-state index in [4.69, 9.17) is 21.1 Å². The number of carbonyl (C=O) groups excluding carboxylic acids is 1. The van der Waals surface area contributed by atoms with E-state index >= 15 is 0 Å². The Labute approximate surface area is 271 Å². The number of carbonyl (C=O) groups is 1. The number of nitrogens with one attached hydrogen (secondary N) is 1. The van der Waals surface area contributed by atoms with Gasteiger partial charge in [0.15, 0.2) is 0 Å². The summed E-state index contributed by atoms with van der Waals surface area (Å²) in [6.07, 6.45) is 14.4. The van der Waals surface area contributed by atoms with Gasteiger partial charge in [-0.15, -0.1) is 0 Å². The molecule has 3 aliphatic carbocycles. The molecule has 2 bridgehead atoms. The maximum absolute atomic E-state index is 13.7. The first-order valence-corrected chi connectivity index (χ1v) is 17.8. The number of nitrogens with zero attached hydrogens (tertiary/aromatic N) is 1. The molecule has 2 aliphatic heterocycles. The van der Waals surface area contributed by atoms with Gasteiger partial charge in [0.05, 0.1) is 29.8 Å². The number of benzene rings is 2. The smallest absolute Gasteiger partial charge is 0.261 e. The van der Waals surface area contributed by atoms with Gasteiger partial charge >= 0.3 is 0 Å². The Hall–Kier alpha value is -2.19. The van der Waals surface area contributed by atoms with E-state index in [2.05, 4.69) is 27.8 Å². The molecule has 7 rings (SSSR count). The number of amides is 1. The molecule has 0 unspecified atom stereocenters. The quantitative estimate of drug-likeness (QED) is 0.276. The van der Waals surface area contributed by atoms with Crippen LogP contribution in [-0.2, 0) is 16.6 Å². The lowest BCUT2D eigenvalue weighted by Gasteiger charge is -2.45. The average Bonchev–Trinajstić information content (AvgIpc) is 3.13. The Morgan fingerprint density at radius 2 is 2.05 bits per heavy atom. The molecule has 0 radical (unpaired) electrons. The number of halogens is 1. The largest absolute Gasteiger partial charge is 0.490 e. The summed E-state index contributed by atoms with van der Waals surface area (Å²) < 4.78 is 15.8. The van der Waals surface area contributed by atoms with Crippen LogP contribution in [0, 0.1) is 17.8 Å². The summed E-state index contributed by atoms with van der Waals surface area (Å²) in [6, 6.07) is 12.3. The molecule has 2 aromatic carbocycles. The molecule has 2 saturated carbocycles. The first kappa shape index (κ1) is 30.5. The molecule has 6 nitrogen and oxygen atoms in total. The van der Waals surface area contributed by atoms with Crippen molar-refractivity contribution >= 4 is 35.1 Å². The van der Waals surface area contributed by atoms with Crippen molar-refractivity contribution < 1.29 is 19.4 Å². The van der Waals surface area contributed by atoms with Crippen LogP contribution in [0.5, 0.6) is 5.75 Å². The van der Waals surface area contributed by atoms with Crippen molar-refractivity contribution in [2.24, 2.45) is 17.8 Å². The minimum absolute atomic E-state index is 0.0326. The van der Waals surface area contributed by atoms with E-state index < -0.39 is 6.10 Å². The van der Waals surface area contributed by atoms with Gasteiger partial charge in [0.25, 0.3) is 5.91 Å². The van der Waals surface area contributed by atoms with E-state index in [0.717, 1.165) is 74.5 Å². The minimum atomic E-state index is -0.475. The Morgan fingerprint density at radius 1 is 1.16 bits per heavy atom. The van der Waals surface area contributed by atoms with Gasteiger partial charge in [-0.1, -0.05) is 49.1 Å². The number of hydrogen-bond acceptors (Lipinski definition) is 6. The van der Waals surface area contributed by atoms with Gasteiger partial charge in [-0.2, -0.15) is 0 Å². The van der Waals surface area contributed by atoms with Crippen molar-refractivity contribution in [3.05, 3.63) is 70.3 Å². The second-order valence-corrected chi connectivity index (χ2v) is 15.3. The summed E-state index contributed by atoms with van der Waals surface area (Å²) in [6.45, 7) is 2.22. The summed E-state index contributed by atoms with van der Waals surface area (Å²) in [5.74, 6) is 2.00. The average molecular weight is 637 g/mol. The van der Waals surface area contributed by atoms with Crippen molar-refractivity contribution in [1.29, 1.82) is 0 Å². The second kappa shape index (κ2) is 12.9. The van der Waals surface area contributed by atoms with E-state index in [9.17, 15) is 9.90 Å². The van der Waals surface area contributed by atoms with Crippen molar-refractivity contribution in [1.82, 2.24) is 4.72 Å². The summed E-state index contributed by atoms with van der Waals surface area (Å²) >= 11 is 7.94. The third-order valence-electron chi connectivity index (χ3n) is 11.2. The highest BCUT2D eigenvalue weighted by Gasteiger charge is 2.44. The number of hydrogen-bond donors (Lipinski definition) is 2. The molecular weight excluding hydrogens is 592 g/mol. The molecule has 2 fully saturated rings. The third kappa shape index (κ3) is 6.02. The minimum Gasteiger partial charge on any atom is -0.490 e. The number of aryl methyl sites for hydroxylation is 1. The molecule has 2 N–H and O–H groups in total. The summed E-state index contributed by atoms with van der Waals surface area (Å²) in [5, 5.41) is 12.3. The van der Waals surface area contributed by atoms with Crippen LogP contribution in [-0.4, -0.2) is 55.3 Å². The Kier molecular flexibility index (Phi) is 8.93. The van der Waals surface area contributed by atoms with Crippen LogP contribution in [0.2, 0.25) is 5.02 Å². The number of aliphatic hydroxyl groups is 1. The zero-order chi connectivity index (χ0) is 30.3. The van der Waals surface area contributed by atoms with Crippen LogP contribution in [0.4, 0.5) is 5.69 Å². The van der Waals surface area contributed by atoms with Crippen LogP contribution >= 0.6 is 23.5 Å². The molecule has 5 aliphatic rings. The van der Waals surface area contributed by atoms with Gasteiger partial charge in [-0.05, 0) is 116 Å². The lowest BCUT2D eigenvalue weighted by atomic mass is 9.68. The number of rotatable bonds is 3.